The zero-order chi connectivity index (χ0) is 20.1. The van der Waals surface area contributed by atoms with Gasteiger partial charge in [0.05, 0.1) is 0 Å². The lowest BCUT2D eigenvalue weighted by Gasteiger charge is -2.16. The summed E-state index contributed by atoms with van der Waals surface area (Å²) in [5, 5.41) is 9.62. The summed E-state index contributed by atoms with van der Waals surface area (Å²) >= 11 is 4.88. The normalized spacial score (nSPS) is 21.2. The van der Waals surface area contributed by atoms with Gasteiger partial charge in [0.25, 0.3) is 0 Å². The lowest BCUT2D eigenvalue weighted by Crippen LogP contribution is -2.24. The van der Waals surface area contributed by atoms with Crippen LogP contribution in [0.3, 0.4) is 0 Å². The first-order chi connectivity index (χ1) is 12.4. The first kappa shape index (κ1) is 20.1. The van der Waals surface area contributed by atoms with E-state index in [-0.39, 0.29) is 10.8 Å². The number of hydrogen-bond acceptors (Lipinski definition) is 3. The number of aliphatic hydroxyl groups excluding tert-OH is 1. The molecule has 2 aromatic carbocycles. The van der Waals surface area contributed by atoms with Gasteiger partial charge in [0, 0.05) is 27.1 Å². The predicted octanol–water partition coefficient (Wildman–Crippen LogP) is 6.58. The molecular weight excluding hydrogens is 425 g/mol. The van der Waals surface area contributed by atoms with E-state index in [0.29, 0.717) is 0 Å². The molecule has 0 spiro atoms. The van der Waals surface area contributed by atoms with Crippen molar-refractivity contribution in [2.45, 2.75) is 28.6 Å². The molecule has 1 aliphatic rings. The third-order valence-electron chi connectivity index (χ3n) is 3.73. The second-order valence-corrected chi connectivity index (χ2v) is 7.13. The fourth-order valence-electron chi connectivity index (χ4n) is 2.68. The van der Waals surface area contributed by atoms with E-state index in [0.717, 1.165) is 30.3 Å². The van der Waals surface area contributed by atoms with E-state index in [9.17, 15) is 35.8 Å². The number of alkyl halides is 6. The average Bonchev–Trinajstić information content (AvgIpc) is 2.69. The van der Waals surface area contributed by atoms with E-state index in [1.165, 1.54) is 0 Å². The van der Waals surface area contributed by atoms with Crippen LogP contribution in [-0.2, 0) is 0 Å². The van der Waals surface area contributed by atoms with Crippen molar-refractivity contribution in [2.75, 3.05) is 0 Å². The van der Waals surface area contributed by atoms with Crippen LogP contribution in [0.2, 0.25) is 5.02 Å². The van der Waals surface area contributed by atoms with Crippen molar-refractivity contribution in [3.63, 3.8) is 0 Å². The summed E-state index contributed by atoms with van der Waals surface area (Å²) in [6, 6.07) is 4.47. The van der Waals surface area contributed by atoms with Gasteiger partial charge in [0.15, 0.2) is 6.17 Å². The quantitative estimate of drug-likeness (QED) is 0.439. The van der Waals surface area contributed by atoms with Gasteiger partial charge < -0.3 is 9.84 Å². The van der Waals surface area contributed by atoms with Crippen LogP contribution in [0.15, 0.2) is 35.2 Å². The van der Waals surface area contributed by atoms with Crippen molar-refractivity contribution in [1.29, 1.82) is 0 Å². The van der Waals surface area contributed by atoms with Crippen LogP contribution in [0.4, 0.5) is 30.7 Å². The highest BCUT2D eigenvalue weighted by Crippen LogP contribution is 2.59. The van der Waals surface area contributed by atoms with Crippen LogP contribution in [0.5, 0.6) is 11.5 Å². The number of fused-ring (bicyclic) bond motifs is 1. The van der Waals surface area contributed by atoms with Gasteiger partial charge in [-0.1, -0.05) is 11.6 Å². The zero-order valence-electron chi connectivity index (χ0n) is 12.8. The molecule has 1 N–H and O–H groups in total. The fourth-order valence-corrected chi connectivity index (χ4v) is 3.61. The largest absolute Gasteiger partial charge is 0.457 e. The molecule has 0 heterocycles. The Morgan fingerprint density at radius 1 is 1.11 bits per heavy atom. The first-order valence-electron chi connectivity index (χ1n) is 7.16. The SMILES string of the molecule is O[C@H]1c2c(SC(F)(F)F)ccc(Oc3cc(F)cc(Cl)c3)c2[C@@H](F)C1(F)F. The van der Waals surface area contributed by atoms with Gasteiger partial charge in [-0.25, -0.2) is 8.78 Å². The van der Waals surface area contributed by atoms with E-state index in [4.69, 9.17) is 16.3 Å². The molecule has 0 aromatic heterocycles. The van der Waals surface area contributed by atoms with Gasteiger partial charge in [-0.2, -0.15) is 22.0 Å². The molecule has 11 heteroatoms. The van der Waals surface area contributed by atoms with Crippen molar-refractivity contribution in [1.82, 2.24) is 0 Å². The summed E-state index contributed by atoms with van der Waals surface area (Å²) in [7, 11) is 0. The third-order valence-corrected chi connectivity index (χ3v) is 4.75. The maximum absolute atomic E-state index is 14.3. The highest BCUT2D eigenvalue weighted by atomic mass is 35.5. The monoisotopic (exact) mass is 432 g/mol. The van der Waals surface area contributed by atoms with Gasteiger partial charge in [0.2, 0.25) is 0 Å². The van der Waals surface area contributed by atoms with E-state index >= 15 is 0 Å². The first-order valence-corrected chi connectivity index (χ1v) is 8.36. The minimum absolute atomic E-state index is 0.104. The predicted molar refractivity (Wildman–Crippen MR) is 83.6 cm³/mol. The highest BCUT2D eigenvalue weighted by Gasteiger charge is 2.58. The average molecular weight is 433 g/mol. The minimum atomic E-state index is -4.85. The number of thioether (sulfide) groups is 1. The van der Waals surface area contributed by atoms with Gasteiger partial charge >= 0.3 is 11.4 Å². The van der Waals surface area contributed by atoms with Crippen LogP contribution in [0.25, 0.3) is 0 Å². The Hall–Kier alpha value is -1.65. The number of benzene rings is 2. The smallest absolute Gasteiger partial charge is 0.446 e. The van der Waals surface area contributed by atoms with Gasteiger partial charge in [-0.3, -0.25) is 0 Å². The molecule has 2 atom stereocenters. The van der Waals surface area contributed by atoms with Gasteiger partial charge in [-0.15, -0.1) is 0 Å². The number of halogens is 8. The second-order valence-electron chi connectivity index (χ2n) is 5.58. The van der Waals surface area contributed by atoms with Crippen LogP contribution >= 0.6 is 23.4 Å². The number of ether oxygens (including phenoxy) is 1. The Morgan fingerprint density at radius 3 is 2.37 bits per heavy atom. The summed E-state index contributed by atoms with van der Waals surface area (Å²) < 4.78 is 98.8. The van der Waals surface area contributed by atoms with E-state index in [1.807, 2.05) is 0 Å². The second kappa shape index (κ2) is 6.75. The molecule has 27 heavy (non-hydrogen) atoms. The molecule has 0 bridgehead atoms. The van der Waals surface area contributed by atoms with E-state index in [1.54, 1.807) is 0 Å². The number of hydrogen-bond donors (Lipinski definition) is 1. The van der Waals surface area contributed by atoms with Crippen molar-refractivity contribution >= 4 is 23.4 Å². The zero-order valence-corrected chi connectivity index (χ0v) is 14.4. The van der Waals surface area contributed by atoms with E-state index in [2.05, 4.69) is 0 Å². The summed E-state index contributed by atoms with van der Waals surface area (Å²) in [4.78, 5) is -0.783. The maximum atomic E-state index is 14.3. The van der Waals surface area contributed by atoms with Crippen LogP contribution in [0.1, 0.15) is 23.4 Å². The van der Waals surface area contributed by atoms with Crippen LogP contribution in [-0.4, -0.2) is 16.5 Å². The molecular formula is C16H8ClF7O2S. The van der Waals surface area contributed by atoms with Gasteiger partial charge in [0.1, 0.15) is 23.4 Å². The fraction of sp³-hybridized carbons (Fsp3) is 0.250. The molecule has 2 aromatic rings. The Morgan fingerprint density at radius 2 is 1.78 bits per heavy atom. The summed E-state index contributed by atoms with van der Waals surface area (Å²) in [6.45, 7) is 0. The molecule has 146 valence electrons. The van der Waals surface area contributed by atoms with Crippen LogP contribution < -0.4 is 4.74 Å². The molecule has 2 nitrogen and oxygen atoms in total. The molecule has 0 unspecified atom stereocenters. The van der Waals surface area contributed by atoms with Crippen molar-refractivity contribution in [3.05, 3.63) is 52.3 Å². The summed E-state index contributed by atoms with van der Waals surface area (Å²) in [6.07, 6.45) is -5.91. The minimum Gasteiger partial charge on any atom is -0.457 e. The van der Waals surface area contributed by atoms with Gasteiger partial charge in [-0.05, 0) is 36.0 Å². The molecule has 0 amide bonds. The Kier molecular flexibility index (Phi) is 5.02. The molecule has 0 aliphatic heterocycles. The molecule has 1 aliphatic carbocycles. The Labute approximate surface area is 156 Å². The Balaban J connectivity index is 2.12. The topological polar surface area (TPSA) is 29.5 Å². The van der Waals surface area contributed by atoms with Crippen molar-refractivity contribution < 1.29 is 40.6 Å². The molecule has 0 radical (unpaired) electrons. The van der Waals surface area contributed by atoms with Crippen molar-refractivity contribution in [2.24, 2.45) is 0 Å². The lowest BCUT2D eigenvalue weighted by molar-refractivity contribution is -0.143. The Bertz CT molecular complexity index is 868. The van der Waals surface area contributed by atoms with Crippen LogP contribution in [0, 0.1) is 5.82 Å². The summed E-state index contributed by atoms with van der Waals surface area (Å²) in [5.74, 6) is -6.06. The molecule has 3 rings (SSSR count). The maximum Gasteiger partial charge on any atom is 0.446 e. The van der Waals surface area contributed by atoms with E-state index < -0.39 is 63.1 Å². The molecule has 0 saturated carbocycles. The molecule has 0 fully saturated rings. The third kappa shape index (κ3) is 3.83. The lowest BCUT2D eigenvalue weighted by atomic mass is 10.1. The number of aliphatic hydroxyl groups is 1. The van der Waals surface area contributed by atoms with Crippen molar-refractivity contribution in [3.8, 4) is 11.5 Å². The number of rotatable bonds is 3. The summed E-state index contributed by atoms with van der Waals surface area (Å²) in [5.41, 5.74) is -6.70. The molecule has 0 saturated heterocycles. The highest BCUT2D eigenvalue weighted by molar-refractivity contribution is 8.00. The standard InChI is InChI=1S/C16H8ClF7O2S/c17-6-3-7(18)5-8(4-6)26-9-1-2-10(27-16(22,23)24)12-11(9)13(19)15(20,21)14(12)25/h1-5,13-14,25H/t13-,14+/m1/s1.